The lowest BCUT2D eigenvalue weighted by Crippen LogP contribution is -2.55. The minimum absolute atomic E-state index is 0.127. The standard InChI is InChI=1S/C20H32O2/c1-5-18(2)9-8-16-14(10-18)6-7-17-19(3,13-21)11-15(22)12-20(16,17)4/h5-6,15-17,21-22H,1,7-13H2,2-4H3. The van der Waals surface area contributed by atoms with Crippen molar-refractivity contribution < 1.29 is 10.2 Å². The Labute approximate surface area is 135 Å². The van der Waals surface area contributed by atoms with Crippen molar-refractivity contribution in [2.24, 2.45) is 28.1 Å². The molecule has 2 heteroatoms. The van der Waals surface area contributed by atoms with Gasteiger partial charge in [-0.15, -0.1) is 6.58 Å². The normalized spacial score (nSPS) is 51.5. The molecule has 0 amide bonds. The number of hydrogen-bond acceptors (Lipinski definition) is 2. The summed E-state index contributed by atoms with van der Waals surface area (Å²) in [5, 5.41) is 20.5. The molecule has 0 aromatic rings. The maximum absolute atomic E-state index is 10.5. The minimum Gasteiger partial charge on any atom is -0.396 e. The van der Waals surface area contributed by atoms with Gasteiger partial charge in [-0.25, -0.2) is 0 Å². The maximum Gasteiger partial charge on any atom is 0.0552 e. The molecule has 0 aliphatic heterocycles. The predicted molar refractivity (Wildman–Crippen MR) is 90.4 cm³/mol. The first-order valence-electron chi connectivity index (χ1n) is 8.88. The lowest BCUT2D eigenvalue weighted by Gasteiger charge is -2.60. The zero-order chi connectivity index (χ0) is 16.2. The van der Waals surface area contributed by atoms with Crippen LogP contribution in [0.15, 0.2) is 24.3 Å². The van der Waals surface area contributed by atoms with Gasteiger partial charge < -0.3 is 10.2 Å². The molecule has 2 saturated carbocycles. The molecule has 0 saturated heterocycles. The van der Waals surface area contributed by atoms with Gasteiger partial charge in [-0.05, 0) is 66.6 Å². The fraction of sp³-hybridized carbons (Fsp3) is 0.800. The van der Waals surface area contributed by atoms with Crippen molar-refractivity contribution in [3.05, 3.63) is 24.3 Å². The van der Waals surface area contributed by atoms with E-state index in [4.69, 9.17) is 0 Å². The lowest BCUT2D eigenvalue weighted by atomic mass is 9.45. The number of aliphatic hydroxyl groups excluding tert-OH is 2. The molecule has 0 heterocycles. The first-order valence-corrected chi connectivity index (χ1v) is 8.88. The molecule has 3 aliphatic rings. The van der Waals surface area contributed by atoms with Crippen LogP contribution in [0.3, 0.4) is 0 Å². The zero-order valence-electron chi connectivity index (χ0n) is 14.4. The van der Waals surface area contributed by atoms with Gasteiger partial charge in [0.05, 0.1) is 6.10 Å². The van der Waals surface area contributed by atoms with E-state index in [-0.39, 0.29) is 29.0 Å². The largest absolute Gasteiger partial charge is 0.396 e. The Kier molecular flexibility index (Phi) is 3.85. The molecular formula is C20H32O2. The van der Waals surface area contributed by atoms with Gasteiger partial charge in [0.1, 0.15) is 0 Å². The average molecular weight is 304 g/mol. The summed E-state index contributed by atoms with van der Waals surface area (Å²) in [6.45, 7) is 11.1. The van der Waals surface area contributed by atoms with E-state index in [1.807, 2.05) is 0 Å². The van der Waals surface area contributed by atoms with Gasteiger partial charge in [-0.2, -0.15) is 0 Å². The van der Waals surface area contributed by atoms with E-state index in [0.717, 1.165) is 25.7 Å². The van der Waals surface area contributed by atoms with Gasteiger partial charge >= 0.3 is 0 Å². The van der Waals surface area contributed by atoms with Crippen molar-refractivity contribution in [2.75, 3.05) is 6.61 Å². The Morgan fingerprint density at radius 3 is 2.68 bits per heavy atom. The van der Waals surface area contributed by atoms with E-state index in [0.29, 0.717) is 11.8 Å². The Hall–Kier alpha value is -0.600. The summed E-state index contributed by atoms with van der Waals surface area (Å²) in [4.78, 5) is 0. The Morgan fingerprint density at radius 2 is 2.05 bits per heavy atom. The van der Waals surface area contributed by atoms with Gasteiger partial charge in [0, 0.05) is 6.61 Å². The van der Waals surface area contributed by atoms with Crippen molar-refractivity contribution in [1.29, 1.82) is 0 Å². The number of allylic oxidation sites excluding steroid dienone is 3. The molecule has 3 rings (SSSR count). The third kappa shape index (κ3) is 2.30. The summed E-state index contributed by atoms with van der Waals surface area (Å²) in [7, 11) is 0. The lowest BCUT2D eigenvalue weighted by molar-refractivity contribution is -0.125. The first-order chi connectivity index (χ1) is 10.3. The second-order valence-corrected chi connectivity index (χ2v) is 9.07. The van der Waals surface area contributed by atoms with Crippen LogP contribution in [-0.2, 0) is 0 Å². The van der Waals surface area contributed by atoms with E-state index in [9.17, 15) is 10.2 Å². The van der Waals surface area contributed by atoms with Crippen LogP contribution >= 0.6 is 0 Å². The molecule has 2 nitrogen and oxygen atoms in total. The van der Waals surface area contributed by atoms with Crippen LogP contribution in [0.25, 0.3) is 0 Å². The van der Waals surface area contributed by atoms with Gasteiger partial charge in [0.15, 0.2) is 0 Å². The van der Waals surface area contributed by atoms with E-state index in [2.05, 4.69) is 39.5 Å². The van der Waals surface area contributed by atoms with E-state index >= 15 is 0 Å². The molecule has 0 aromatic carbocycles. The molecule has 22 heavy (non-hydrogen) atoms. The molecule has 2 fully saturated rings. The third-order valence-electron chi connectivity index (χ3n) is 7.34. The van der Waals surface area contributed by atoms with Crippen molar-refractivity contribution in [1.82, 2.24) is 0 Å². The second kappa shape index (κ2) is 5.21. The highest BCUT2D eigenvalue weighted by molar-refractivity contribution is 5.25. The van der Waals surface area contributed by atoms with E-state index in [1.165, 1.54) is 12.8 Å². The highest BCUT2D eigenvalue weighted by Crippen LogP contribution is 2.63. The molecule has 0 radical (unpaired) electrons. The Balaban J connectivity index is 1.97. The van der Waals surface area contributed by atoms with Crippen LogP contribution in [0.4, 0.5) is 0 Å². The maximum atomic E-state index is 10.5. The van der Waals surface area contributed by atoms with Crippen LogP contribution in [0.1, 0.15) is 59.3 Å². The fourth-order valence-electron chi connectivity index (χ4n) is 6.06. The summed E-state index contributed by atoms with van der Waals surface area (Å²) in [6.07, 6.45) is 10.5. The molecule has 0 spiro atoms. The molecular weight excluding hydrogens is 272 g/mol. The average Bonchev–Trinajstić information content (AvgIpc) is 2.45. The summed E-state index contributed by atoms with van der Waals surface area (Å²) in [5.41, 5.74) is 1.80. The summed E-state index contributed by atoms with van der Waals surface area (Å²) in [6, 6.07) is 0. The van der Waals surface area contributed by atoms with E-state index in [1.54, 1.807) is 5.57 Å². The molecule has 0 bridgehead atoms. The molecule has 6 unspecified atom stereocenters. The van der Waals surface area contributed by atoms with Crippen LogP contribution in [0.2, 0.25) is 0 Å². The smallest absolute Gasteiger partial charge is 0.0552 e. The summed E-state index contributed by atoms with van der Waals surface area (Å²) >= 11 is 0. The molecule has 2 N–H and O–H groups in total. The summed E-state index contributed by atoms with van der Waals surface area (Å²) < 4.78 is 0. The predicted octanol–water partition coefficient (Wildman–Crippen LogP) is 4.08. The molecule has 6 atom stereocenters. The van der Waals surface area contributed by atoms with Crippen molar-refractivity contribution in [3.63, 3.8) is 0 Å². The highest BCUT2D eigenvalue weighted by Gasteiger charge is 2.57. The van der Waals surface area contributed by atoms with Crippen LogP contribution in [0.5, 0.6) is 0 Å². The van der Waals surface area contributed by atoms with Gasteiger partial charge in [-0.3, -0.25) is 0 Å². The van der Waals surface area contributed by atoms with Gasteiger partial charge in [-0.1, -0.05) is 38.5 Å². The van der Waals surface area contributed by atoms with Crippen molar-refractivity contribution in [2.45, 2.75) is 65.4 Å². The van der Waals surface area contributed by atoms with Crippen molar-refractivity contribution in [3.8, 4) is 0 Å². The third-order valence-corrected chi connectivity index (χ3v) is 7.34. The zero-order valence-corrected chi connectivity index (χ0v) is 14.4. The first kappa shape index (κ1) is 16.3. The highest BCUT2D eigenvalue weighted by atomic mass is 16.3. The number of fused-ring (bicyclic) bond motifs is 3. The van der Waals surface area contributed by atoms with Crippen LogP contribution < -0.4 is 0 Å². The van der Waals surface area contributed by atoms with Crippen LogP contribution in [0, 0.1) is 28.1 Å². The number of rotatable bonds is 2. The van der Waals surface area contributed by atoms with Crippen LogP contribution in [-0.4, -0.2) is 22.9 Å². The SMILES string of the molecule is C=CC1(C)CCC2C(=CCC3C(C)(CO)CC(O)CC23C)C1. The number of aliphatic hydroxyl groups is 2. The topological polar surface area (TPSA) is 40.5 Å². The molecule has 0 aromatic heterocycles. The second-order valence-electron chi connectivity index (χ2n) is 9.07. The molecule has 3 aliphatic carbocycles. The van der Waals surface area contributed by atoms with Crippen molar-refractivity contribution >= 4 is 0 Å². The van der Waals surface area contributed by atoms with E-state index < -0.39 is 0 Å². The quantitative estimate of drug-likeness (QED) is 0.755. The summed E-state index contributed by atoms with van der Waals surface area (Å²) in [5.74, 6) is 1.05. The minimum atomic E-state index is -0.273. The number of hydrogen-bond donors (Lipinski definition) is 2. The Morgan fingerprint density at radius 1 is 1.32 bits per heavy atom. The van der Waals surface area contributed by atoms with Gasteiger partial charge in [0.2, 0.25) is 0 Å². The fourth-order valence-corrected chi connectivity index (χ4v) is 6.06. The van der Waals surface area contributed by atoms with Gasteiger partial charge in [0.25, 0.3) is 0 Å². The monoisotopic (exact) mass is 304 g/mol. The molecule has 124 valence electrons. The Bertz CT molecular complexity index is 496.